The first-order valence-corrected chi connectivity index (χ1v) is 12.4. The molecule has 2 aromatic carbocycles. The third-order valence-electron chi connectivity index (χ3n) is 5.02. The van der Waals surface area contributed by atoms with Gasteiger partial charge in [0, 0.05) is 24.9 Å². The molecule has 9 nitrogen and oxygen atoms in total. The second kappa shape index (κ2) is 11.0. The number of nitrogens with zero attached hydrogens (tertiary/aromatic N) is 3. The number of rotatable bonds is 8. The maximum atomic E-state index is 13.7. The molecule has 0 bridgehead atoms. The zero-order valence-electron chi connectivity index (χ0n) is 18.5. The minimum absolute atomic E-state index is 0.199. The average Bonchev–Trinajstić information content (AvgIpc) is 2.81. The number of pyridine rings is 1. The molecule has 0 aliphatic carbocycles. The molecule has 37 heavy (non-hydrogen) atoms. The number of benzene rings is 2. The Labute approximate surface area is 223 Å². The van der Waals surface area contributed by atoms with Crippen LogP contribution in [-0.4, -0.2) is 37.3 Å². The number of alkyl halides is 3. The number of nitro benzene ring substituents is 1. The Bertz CT molecular complexity index is 1470. The third-order valence-corrected chi connectivity index (χ3v) is 7.70. The molecule has 0 saturated heterocycles. The molecule has 16 heteroatoms. The van der Waals surface area contributed by atoms with Gasteiger partial charge in [-0.25, -0.2) is 12.7 Å². The zero-order chi connectivity index (χ0) is 27.7. The minimum Gasteiger partial charge on any atom is -0.392 e. The summed E-state index contributed by atoms with van der Waals surface area (Å²) in [5.41, 5.74) is -3.44. The van der Waals surface area contributed by atoms with E-state index in [2.05, 4.69) is 4.98 Å². The number of hydrogen-bond acceptors (Lipinski definition) is 7. The van der Waals surface area contributed by atoms with Gasteiger partial charge in [0.25, 0.3) is 15.7 Å². The molecule has 1 heterocycles. The Morgan fingerprint density at radius 3 is 2.38 bits per heavy atom. The number of halogens is 6. The molecule has 198 valence electrons. The average molecular weight is 601 g/mol. The lowest BCUT2D eigenvalue weighted by atomic mass is 10.0. The summed E-state index contributed by atoms with van der Waals surface area (Å²) < 4.78 is 73.2. The Morgan fingerprint density at radius 1 is 1.14 bits per heavy atom. The van der Waals surface area contributed by atoms with Crippen LogP contribution in [0.5, 0.6) is 0 Å². The van der Waals surface area contributed by atoms with Gasteiger partial charge in [-0.05, 0) is 24.3 Å². The van der Waals surface area contributed by atoms with Crippen molar-refractivity contribution in [1.29, 1.82) is 0 Å². The van der Waals surface area contributed by atoms with Crippen molar-refractivity contribution in [3.63, 3.8) is 0 Å². The van der Waals surface area contributed by atoms with Crippen molar-refractivity contribution in [3.8, 4) is 11.3 Å². The molecule has 0 fully saturated rings. The van der Waals surface area contributed by atoms with E-state index in [-0.39, 0.29) is 21.2 Å². The number of ether oxygens (including phenoxy) is 1. The number of sulfonamides is 1. The van der Waals surface area contributed by atoms with Crippen molar-refractivity contribution in [1.82, 2.24) is 4.98 Å². The summed E-state index contributed by atoms with van der Waals surface area (Å²) in [6.45, 7) is -1.70. The van der Waals surface area contributed by atoms with Gasteiger partial charge < -0.3 is 9.84 Å². The molecule has 0 amide bonds. The van der Waals surface area contributed by atoms with Gasteiger partial charge in [-0.2, -0.15) is 13.2 Å². The van der Waals surface area contributed by atoms with Gasteiger partial charge in [-0.3, -0.25) is 15.1 Å². The summed E-state index contributed by atoms with van der Waals surface area (Å²) >= 11 is 18.0. The van der Waals surface area contributed by atoms with Gasteiger partial charge in [0.05, 0.1) is 48.3 Å². The lowest BCUT2D eigenvalue weighted by Gasteiger charge is -2.28. The van der Waals surface area contributed by atoms with E-state index in [1.165, 1.54) is 12.1 Å². The normalized spacial score (nSPS) is 12.0. The molecular weight excluding hydrogens is 586 g/mol. The van der Waals surface area contributed by atoms with E-state index >= 15 is 0 Å². The molecule has 0 aliphatic rings. The standard InChI is InChI=1S/C21H15Cl3F3N3O6S/c1-36-10-29(37(34,35)11-5-6-14(22)13(7-11)21(25,26)27)20-12(9-31)16(24)8-28-19(20)18-15(23)3-2-4-17(18)30(32)33/h2-8,31H,9-10H2,1H3. The molecule has 3 rings (SSSR count). The summed E-state index contributed by atoms with van der Waals surface area (Å²) in [5, 5.41) is 20.6. The van der Waals surface area contributed by atoms with Crippen LogP contribution in [0, 0.1) is 10.1 Å². The number of nitro groups is 1. The fraction of sp³-hybridized carbons (Fsp3) is 0.190. The highest BCUT2D eigenvalue weighted by molar-refractivity contribution is 7.92. The SMILES string of the molecule is COCN(c1c(-c2c(Cl)cccc2[N+](=O)[O-])ncc(Cl)c1CO)S(=O)(=O)c1ccc(Cl)c(C(F)(F)F)c1. The van der Waals surface area contributed by atoms with Gasteiger partial charge in [0.15, 0.2) is 0 Å². The maximum Gasteiger partial charge on any atom is 0.417 e. The Hall–Kier alpha value is -2.68. The first-order valence-electron chi connectivity index (χ1n) is 9.85. The quantitative estimate of drug-likeness (QED) is 0.193. The first kappa shape index (κ1) is 28.9. The highest BCUT2D eigenvalue weighted by atomic mass is 35.5. The fourth-order valence-electron chi connectivity index (χ4n) is 3.40. The highest BCUT2D eigenvalue weighted by Gasteiger charge is 2.37. The zero-order valence-corrected chi connectivity index (χ0v) is 21.5. The second-order valence-electron chi connectivity index (χ2n) is 7.24. The summed E-state index contributed by atoms with van der Waals surface area (Å²) in [5.74, 6) is 0. The second-order valence-corrected chi connectivity index (χ2v) is 10.3. The van der Waals surface area contributed by atoms with Crippen molar-refractivity contribution in [3.05, 3.63) is 78.9 Å². The lowest BCUT2D eigenvalue weighted by Crippen LogP contribution is -2.34. The number of anilines is 1. The predicted octanol–water partition coefficient (Wildman–Crippen LogP) is 5.93. The van der Waals surface area contributed by atoms with Crippen molar-refractivity contribution < 1.29 is 36.4 Å². The topological polar surface area (TPSA) is 123 Å². The van der Waals surface area contributed by atoms with Crippen molar-refractivity contribution in [2.24, 2.45) is 0 Å². The lowest BCUT2D eigenvalue weighted by molar-refractivity contribution is -0.384. The van der Waals surface area contributed by atoms with E-state index in [4.69, 9.17) is 39.5 Å². The number of aliphatic hydroxyl groups is 1. The molecule has 0 atom stereocenters. The monoisotopic (exact) mass is 599 g/mol. The minimum atomic E-state index is -4.98. The third kappa shape index (κ3) is 5.61. The van der Waals surface area contributed by atoms with Gasteiger partial charge in [0.1, 0.15) is 12.4 Å². The molecular formula is C21H15Cl3F3N3O6S. The van der Waals surface area contributed by atoms with Gasteiger partial charge in [0.2, 0.25) is 0 Å². The smallest absolute Gasteiger partial charge is 0.392 e. The molecule has 0 radical (unpaired) electrons. The number of aliphatic hydroxyl groups excluding tert-OH is 1. The largest absolute Gasteiger partial charge is 0.417 e. The van der Waals surface area contributed by atoms with E-state index in [9.17, 15) is 36.8 Å². The molecule has 0 aliphatic heterocycles. The fourth-order valence-corrected chi connectivity index (χ4v) is 5.52. The maximum absolute atomic E-state index is 13.7. The van der Waals surface area contributed by atoms with E-state index in [0.29, 0.717) is 10.4 Å². The van der Waals surface area contributed by atoms with Gasteiger partial charge >= 0.3 is 6.18 Å². The molecule has 0 saturated carbocycles. The van der Waals surface area contributed by atoms with Crippen LogP contribution >= 0.6 is 34.8 Å². The summed E-state index contributed by atoms with van der Waals surface area (Å²) in [6, 6.07) is 5.57. The number of aromatic nitrogens is 1. The van der Waals surface area contributed by atoms with E-state index in [0.717, 1.165) is 31.5 Å². The molecule has 0 unspecified atom stereocenters. The van der Waals surface area contributed by atoms with Crippen molar-refractivity contribution >= 4 is 56.2 Å². The molecule has 1 N–H and O–H groups in total. The number of methoxy groups -OCH3 is 1. The van der Waals surface area contributed by atoms with Crippen LogP contribution in [0.15, 0.2) is 47.5 Å². The van der Waals surface area contributed by atoms with Crippen LogP contribution < -0.4 is 4.31 Å². The number of hydrogen-bond donors (Lipinski definition) is 1. The van der Waals surface area contributed by atoms with Crippen LogP contribution in [0.3, 0.4) is 0 Å². The first-order chi connectivity index (χ1) is 17.2. The summed E-state index contributed by atoms with van der Waals surface area (Å²) in [7, 11) is -3.82. The summed E-state index contributed by atoms with van der Waals surface area (Å²) in [4.78, 5) is 14.1. The Morgan fingerprint density at radius 2 is 1.81 bits per heavy atom. The van der Waals surface area contributed by atoms with E-state index in [1.807, 2.05) is 0 Å². The Kier molecular flexibility index (Phi) is 8.57. The van der Waals surface area contributed by atoms with E-state index in [1.54, 1.807) is 0 Å². The van der Waals surface area contributed by atoms with Crippen LogP contribution in [0.4, 0.5) is 24.5 Å². The molecule has 3 aromatic rings. The van der Waals surface area contributed by atoms with Crippen molar-refractivity contribution in [2.75, 3.05) is 18.1 Å². The summed E-state index contributed by atoms with van der Waals surface area (Å²) in [6.07, 6.45) is -3.97. The van der Waals surface area contributed by atoms with Crippen LogP contribution in [-0.2, 0) is 27.5 Å². The van der Waals surface area contributed by atoms with Crippen LogP contribution in [0.2, 0.25) is 15.1 Å². The van der Waals surface area contributed by atoms with Crippen LogP contribution in [0.1, 0.15) is 11.1 Å². The predicted molar refractivity (Wildman–Crippen MR) is 130 cm³/mol. The highest BCUT2D eigenvalue weighted by Crippen LogP contribution is 2.45. The van der Waals surface area contributed by atoms with Gasteiger partial charge in [-0.15, -0.1) is 0 Å². The van der Waals surface area contributed by atoms with Gasteiger partial charge in [-0.1, -0.05) is 40.9 Å². The molecule has 1 aromatic heterocycles. The van der Waals surface area contributed by atoms with Crippen molar-refractivity contribution in [2.45, 2.75) is 17.7 Å². The van der Waals surface area contributed by atoms with Crippen LogP contribution in [0.25, 0.3) is 11.3 Å². The Balaban J connectivity index is 2.42. The molecule has 0 spiro atoms. The van der Waals surface area contributed by atoms with E-state index < -0.39 is 67.0 Å².